The normalized spacial score (nSPS) is 12.0. The maximum atomic E-state index is 12.2. The number of hydrogen-bond donors (Lipinski definition) is 1. The molecule has 1 N–H and O–H groups in total. The Bertz CT molecular complexity index is 763. The van der Waals surface area contributed by atoms with Crippen LogP contribution in [0.1, 0.15) is 28.9 Å². The highest BCUT2D eigenvalue weighted by Crippen LogP contribution is 2.22. The standard InChI is InChI=1S/C18H16N2O/c1-13(20-18(21)15-7-3-2-4-8-15)16-11-5-9-14-10-6-12-19-17(14)16/h2-13H,1H3,(H,20,21). The summed E-state index contributed by atoms with van der Waals surface area (Å²) in [5.41, 5.74) is 2.62. The fourth-order valence-electron chi connectivity index (χ4n) is 2.42. The molecule has 1 amide bonds. The molecule has 1 heterocycles. The lowest BCUT2D eigenvalue weighted by molar-refractivity contribution is 0.0940. The molecule has 104 valence electrons. The van der Waals surface area contributed by atoms with Crippen LogP contribution < -0.4 is 5.32 Å². The molecule has 0 aliphatic carbocycles. The van der Waals surface area contributed by atoms with Crippen molar-refractivity contribution in [2.45, 2.75) is 13.0 Å². The highest BCUT2D eigenvalue weighted by atomic mass is 16.1. The van der Waals surface area contributed by atoms with E-state index in [-0.39, 0.29) is 11.9 Å². The smallest absolute Gasteiger partial charge is 0.251 e. The van der Waals surface area contributed by atoms with Crippen molar-refractivity contribution in [2.75, 3.05) is 0 Å². The number of pyridine rings is 1. The van der Waals surface area contributed by atoms with E-state index in [1.54, 1.807) is 6.20 Å². The van der Waals surface area contributed by atoms with E-state index in [0.29, 0.717) is 5.56 Å². The molecule has 0 saturated heterocycles. The third-order valence-electron chi connectivity index (χ3n) is 3.51. The van der Waals surface area contributed by atoms with Gasteiger partial charge in [0.2, 0.25) is 0 Å². The summed E-state index contributed by atoms with van der Waals surface area (Å²) in [5.74, 6) is -0.0731. The first-order chi connectivity index (χ1) is 10.3. The number of nitrogens with one attached hydrogen (secondary N) is 1. The summed E-state index contributed by atoms with van der Waals surface area (Å²) in [6.07, 6.45) is 1.78. The number of para-hydroxylation sites is 1. The zero-order chi connectivity index (χ0) is 14.7. The minimum absolute atomic E-state index is 0.0731. The Balaban J connectivity index is 1.88. The van der Waals surface area contributed by atoms with Crippen molar-refractivity contribution in [3.8, 4) is 0 Å². The summed E-state index contributed by atoms with van der Waals surface area (Å²) in [4.78, 5) is 16.7. The largest absolute Gasteiger partial charge is 0.345 e. The van der Waals surface area contributed by atoms with Gasteiger partial charge in [-0.25, -0.2) is 0 Å². The predicted molar refractivity (Wildman–Crippen MR) is 84.1 cm³/mol. The third-order valence-corrected chi connectivity index (χ3v) is 3.51. The third kappa shape index (κ3) is 2.77. The number of aromatic nitrogens is 1. The lowest BCUT2D eigenvalue weighted by Gasteiger charge is -2.16. The number of carbonyl (C=O) groups excluding carboxylic acids is 1. The van der Waals surface area contributed by atoms with Gasteiger partial charge in [-0.2, -0.15) is 0 Å². The lowest BCUT2D eigenvalue weighted by atomic mass is 10.0. The minimum atomic E-state index is -0.101. The second kappa shape index (κ2) is 5.75. The Kier molecular flexibility index (Phi) is 3.65. The SMILES string of the molecule is CC(NC(=O)c1ccccc1)c1cccc2cccnc12. The summed E-state index contributed by atoms with van der Waals surface area (Å²) in [7, 11) is 0. The average Bonchev–Trinajstić information content (AvgIpc) is 2.55. The van der Waals surface area contributed by atoms with Crippen LogP contribution in [0.5, 0.6) is 0 Å². The van der Waals surface area contributed by atoms with Gasteiger partial charge in [-0.3, -0.25) is 9.78 Å². The quantitative estimate of drug-likeness (QED) is 0.792. The Labute approximate surface area is 123 Å². The van der Waals surface area contributed by atoms with Crippen LogP contribution in [0.4, 0.5) is 0 Å². The van der Waals surface area contributed by atoms with Crippen molar-refractivity contribution in [3.05, 3.63) is 78.0 Å². The Morgan fingerprint density at radius 3 is 2.57 bits per heavy atom. The van der Waals surface area contributed by atoms with Crippen LogP contribution in [0.15, 0.2) is 66.9 Å². The number of hydrogen-bond acceptors (Lipinski definition) is 2. The molecule has 0 aliphatic rings. The van der Waals surface area contributed by atoms with Crippen LogP contribution in [0.25, 0.3) is 10.9 Å². The fraction of sp³-hybridized carbons (Fsp3) is 0.111. The molecule has 0 aliphatic heterocycles. The molecule has 1 atom stereocenters. The maximum Gasteiger partial charge on any atom is 0.251 e. The van der Waals surface area contributed by atoms with Gasteiger partial charge in [-0.05, 0) is 25.1 Å². The van der Waals surface area contributed by atoms with Crippen LogP contribution in [-0.4, -0.2) is 10.9 Å². The Morgan fingerprint density at radius 1 is 1.00 bits per heavy atom. The van der Waals surface area contributed by atoms with Crippen LogP contribution in [0.2, 0.25) is 0 Å². The average molecular weight is 276 g/mol. The van der Waals surface area contributed by atoms with Crippen LogP contribution in [0.3, 0.4) is 0 Å². The zero-order valence-electron chi connectivity index (χ0n) is 11.8. The minimum Gasteiger partial charge on any atom is -0.345 e. The van der Waals surface area contributed by atoms with E-state index in [9.17, 15) is 4.79 Å². The fourth-order valence-corrected chi connectivity index (χ4v) is 2.42. The highest BCUT2D eigenvalue weighted by molar-refractivity contribution is 5.94. The second-order valence-corrected chi connectivity index (χ2v) is 4.98. The number of fused-ring (bicyclic) bond motifs is 1. The van der Waals surface area contributed by atoms with E-state index in [1.165, 1.54) is 0 Å². The van der Waals surface area contributed by atoms with Gasteiger partial charge in [0.15, 0.2) is 0 Å². The molecule has 0 fully saturated rings. The van der Waals surface area contributed by atoms with E-state index in [0.717, 1.165) is 16.5 Å². The molecule has 3 aromatic rings. The first-order valence-corrected chi connectivity index (χ1v) is 6.95. The van der Waals surface area contributed by atoms with Gasteiger partial charge in [0, 0.05) is 22.7 Å². The van der Waals surface area contributed by atoms with E-state index in [1.807, 2.05) is 67.6 Å². The molecule has 1 unspecified atom stereocenters. The summed E-state index contributed by atoms with van der Waals surface area (Å²) >= 11 is 0. The molecule has 0 bridgehead atoms. The van der Waals surface area contributed by atoms with Crippen molar-refractivity contribution in [3.63, 3.8) is 0 Å². The molecule has 0 spiro atoms. The number of rotatable bonds is 3. The van der Waals surface area contributed by atoms with E-state index >= 15 is 0 Å². The molecule has 21 heavy (non-hydrogen) atoms. The number of nitrogens with zero attached hydrogens (tertiary/aromatic N) is 1. The highest BCUT2D eigenvalue weighted by Gasteiger charge is 2.13. The molecule has 0 radical (unpaired) electrons. The van der Waals surface area contributed by atoms with Gasteiger partial charge in [-0.1, -0.05) is 42.5 Å². The van der Waals surface area contributed by atoms with Gasteiger partial charge in [-0.15, -0.1) is 0 Å². The number of benzene rings is 2. The first-order valence-electron chi connectivity index (χ1n) is 6.95. The van der Waals surface area contributed by atoms with Crippen molar-refractivity contribution in [1.82, 2.24) is 10.3 Å². The number of carbonyl (C=O) groups is 1. The summed E-state index contributed by atoms with van der Waals surface area (Å²) < 4.78 is 0. The zero-order valence-corrected chi connectivity index (χ0v) is 11.8. The summed E-state index contributed by atoms with van der Waals surface area (Å²) in [6.45, 7) is 1.98. The van der Waals surface area contributed by atoms with Crippen LogP contribution >= 0.6 is 0 Å². The van der Waals surface area contributed by atoms with Crippen molar-refractivity contribution < 1.29 is 4.79 Å². The summed E-state index contributed by atoms with van der Waals surface area (Å²) in [5, 5.41) is 4.11. The van der Waals surface area contributed by atoms with E-state index < -0.39 is 0 Å². The number of amides is 1. The van der Waals surface area contributed by atoms with Crippen LogP contribution in [0, 0.1) is 0 Å². The molecule has 0 saturated carbocycles. The predicted octanol–water partition coefficient (Wildman–Crippen LogP) is 3.73. The van der Waals surface area contributed by atoms with Gasteiger partial charge in [0.25, 0.3) is 5.91 Å². The summed E-state index contributed by atoms with van der Waals surface area (Å²) in [6, 6.07) is 19.1. The molecular weight excluding hydrogens is 260 g/mol. The van der Waals surface area contributed by atoms with Gasteiger partial charge in [0.05, 0.1) is 11.6 Å². The van der Waals surface area contributed by atoms with Gasteiger partial charge in [0.1, 0.15) is 0 Å². The van der Waals surface area contributed by atoms with Crippen molar-refractivity contribution in [2.24, 2.45) is 0 Å². The lowest BCUT2D eigenvalue weighted by Crippen LogP contribution is -2.26. The molecule has 3 rings (SSSR count). The molecule has 3 heteroatoms. The molecule has 1 aromatic heterocycles. The second-order valence-electron chi connectivity index (χ2n) is 4.98. The molecule has 3 nitrogen and oxygen atoms in total. The Hall–Kier alpha value is -2.68. The van der Waals surface area contributed by atoms with Crippen molar-refractivity contribution >= 4 is 16.8 Å². The van der Waals surface area contributed by atoms with E-state index in [4.69, 9.17) is 0 Å². The molecular formula is C18H16N2O. The maximum absolute atomic E-state index is 12.2. The van der Waals surface area contributed by atoms with E-state index in [2.05, 4.69) is 10.3 Å². The monoisotopic (exact) mass is 276 g/mol. The van der Waals surface area contributed by atoms with Gasteiger partial charge >= 0.3 is 0 Å². The Morgan fingerprint density at radius 2 is 1.76 bits per heavy atom. The molecule has 2 aromatic carbocycles. The van der Waals surface area contributed by atoms with Crippen molar-refractivity contribution in [1.29, 1.82) is 0 Å². The topological polar surface area (TPSA) is 42.0 Å². The van der Waals surface area contributed by atoms with Gasteiger partial charge < -0.3 is 5.32 Å². The van der Waals surface area contributed by atoms with Crippen LogP contribution in [-0.2, 0) is 0 Å². The first kappa shape index (κ1) is 13.3.